The lowest BCUT2D eigenvalue weighted by Gasteiger charge is -2.16. The third-order valence-corrected chi connectivity index (χ3v) is 5.06. The molecule has 29 heavy (non-hydrogen) atoms. The normalized spacial score (nSPS) is 18.8. The van der Waals surface area contributed by atoms with E-state index in [4.69, 9.17) is 16.3 Å². The van der Waals surface area contributed by atoms with Gasteiger partial charge < -0.3 is 19.8 Å². The minimum atomic E-state index is -0.778. The molecule has 0 spiro atoms. The second-order valence-electron chi connectivity index (χ2n) is 6.90. The molecular formula is C21H20ClN3O4. The number of aromatic nitrogens is 2. The molecular weight excluding hydrogens is 394 g/mol. The maximum atomic E-state index is 12.5. The molecule has 2 atom stereocenters. The SMILES string of the molecule is O=c1cc(OCc2ccc(Cl)cc2)ccn1-c1ccc(N2C[C@@H](O)[C@@H](O)C2)nc1. The number of β-amino-alcohol motifs (C(OH)–C–C–N with tert-alkyl or cyclic N) is 2. The quantitative estimate of drug-likeness (QED) is 0.665. The number of rotatable bonds is 5. The van der Waals surface area contributed by atoms with E-state index in [2.05, 4.69) is 4.98 Å². The largest absolute Gasteiger partial charge is 0.489 e. The zero-order valence-corrected chi connectivity index (χ0v) is 16.2. The van der Waals surface area contributed by atoms with Gasteiger partial charge in [0.15, 0.2) is 0 Å². The summed E-state index contributed by atoms with van der Waals surface area (Å²) in [5.74, 6) is 1.12. The number of nitrogens with zero attached hydrogens (tertiary/aromatic N) is 3. The van der Waals surface area contributed by atoms with Crippen LogP contribution >= 0.6 is 11.6 Å². The molecule has 1 saturated heterocycles. The first-order valence-electron chi connectivity index (χ1n) is 9.17. The van der Waals surface area contributed by atoms with Crippen molar-refractivity contribution in [1.82, 2.24) is 9.55 Å². The smallest absolute Gasteiger partial charge is 0.258 e. The number of aliphatic hydroxyl groups excluding tert-OH is 2. The number of aliphatic hydroxyl groups is 2. The van der Waals surface area contributed by atoms with E-state index >= 15 is 0 Å². The number of ether oxygens (including phenoxy) is 1. The zero-order chi connectivity index (χ0) is 20.4. The van der Waals surface area contributed by atoms with Crippen molar-refractivity contribution in [1.29, 1.82) is 0 Å². The molecule has 0 saturated carbocycles. The fourth-order valence-corrected chi connectivity index (χ4v) is 3.30. The summed E-state index contributed by atoms with van der Waals surface area (Å²) < 4.78 is 7.16. The van der Waals surface area contributed by atoms with Crippen LogP contribution in [0.3, 0.4) is 0 Å². The predicted molar refractivity (Wildman–Crippen MR) is 110 cm³/mol. The highest BCUT2D eigenvalue weighted by molar-refractivity contribution is 6.30. The maximum absolute atomic E-state index is 12.5. The number of anilines is 1. The van der Waals surface area contributed by atoms with Crippen molar-refractivity contribution < 1.29 is 14.9 Å². The first kappa shape index (κ1) is 19.4. The third-order valence-electron chi connectivity index (χ3n) is 4.80. The highest BCUT2D eigenvalue weighted by Crippen LogP contribution is 2.20. The molecule has 2 N–H and O–H groups in total. The van der Waals surface area contributed by atoms with Gasteiger partial charge in [-0.25, -0.2) is 4.98 Å². The molecule has 0 unspecified atom stereocenters. The Morgan fingerprint density at radius 2 is 1.79 bits per heavy atom. The highest BCUT2D eigenvalue weighted by Gasteiger charge is 2.30. The van der Waals surface area contributed by atoms with Gasteiger partial charge in [0.25, 0.3) is 5.56 Å². The van der Waals surface area contributed by atoms with Crippen molar-refractivity contribution in [2.45, 2.75) is 18.8 Å². The van der Waals surface area contributed by atoms with Gasteiger partial charge in [0.2, 0.25) is 0 Å². The standard InChI is InChI=1S/C21H20ClN3O4/c22-15-3-1-14(2-4-15)13-29-17-7-8-25(21(28)9-17)16-5-6-20(23-10-16)24-11-18(26)19(27)12-24/h1-10,18-19,26-27H,11-13H2/t18-,19+. The average molecular weight is 414 g/mol. The van der Waals surface area contributed by atoms with E-state index in [1.165, 1.54) is 10.6 Å². The van der Waals surface area contributed by atoms with Gasteiger partial charge in [-0.1, -0.05) is 23.7 Å². The molecule has 2 aromatic heterocycles. The van der Waals surface area contributed by atoms with E-state index in [0.29, 0.717) is 42.0 Å². The number of benzene rings is 1. The van der Waals surface area contributed by atoms with Gasteiger partial charge in [0.1, 0.15) is 18.2 Å². The van der Waals surface area contributed by atoms with Crippen LogP contribution in [0.5, 0.6) is 5.75 Å². The summed E-state index contributed by atoms with van der Waals surface area (Å²) in [5, 5.41) is 20.0. The van der Waals surface area contributed by atoms with Crippen LogP contribution in [0.4, 0.5) is 5.82 Å². The minimum Gasteiger partial charge on any atom is -0.489 e. The van der Waals surface area contributed by atoms with Crippen LogP contribution in [0, 0.1) is 0 Å². The lowest BCUT2D eigenvalue weighted by Crippen LogP contribution is -2.22. The molecule has 1 fully saturated rings. The van der Waals surface area contributed by atoms with E-state index in [0.717, 1.165) is 5.56 Å². The molecule has 3 aromatic rings. The maximum Gasteiger partial charge on any atom is 0.258 e. The molecule has 8 heteroatoms. The molecule has 0 amide bonds. The van der Waals surface area contributed by atoms with Crippen molar-refractivity contribution in [2.24, 2.45) is 0 Å². The summed E-state index contributed by atoms with van der Waals surface area (Å²) in [6, 6.07) is 14.0. The first-order valence-corrected chi connectivity index (χ1v) is 9.55. The van der Waals surface area contributed by atoms with Crippen molar-refractivity contribution in [3.63, 3.8) is 0 Å². The molecule has 0 bridgehead atoms. The topological polar surface area (TPSA) is 87.8 Å². The Morgan fingerprint density at radius 3 is 2.41 bits per heavy atom. The average Bonchev–Trinajstić information content (AvgIpc) is 3.06. The second-order valence-corrected chi connectivity index (χ2v) is 7.34. The molecule has 4 rings (SSSR count). The summed E-state index contributed by atoms with van der Waals surface area (Å²) in [6.45, 7) is 0.991. The van der Waals surface area contributed by atoms with Crippen molar-refractivity contribution in [2.75, 3.05) is 18.0 Å². The van der Waals surface area contributed by atoms with E-state index in [1.54, 1.807) is 47.6 Å². The van der Waals surface area contributed by atoms with Gasteiger partial charge in [-0.3, -0.25) is 9.36 Å². The van der Waals surface area contributed by atoms with Crippen LogP contribution < -0.4 is 15.2 Å². The first-order chi connectivity index (χ1) is 14.0. The second kappa shape index (κ2) is 8.24. The van der Waals surface area contributed by atoms with E-state index in [-0.39, 0.29) is 5.56 Å². The van der Waals surface area contributed by atoms with Crippen LogP contribution in [0.1, 0.15) is 5.56 Å². The molecule has 1 aromatic carbocycles. The Morgan fingerprint density at radius 1 is 1.07 bits per heavy atom. The zero-order valence-electron chi connectivity index (χ0n) is 15.5. The van der Waals surface area contributed by atoms with Gasteiger partial charge in [-0.2, -0.15) is 0 Å². The third kappa shape index (κ3) is 4.42. The highest BCUT2D eigenvalue weighted by atomic mass is 35.5. The van der Waals surface area contributed by atoms with Crippen molar-refractivity contribution in [3.05, 3.63) is 81.9 Å². The van der Waals surface area contributed by atoms with Crippen molar-refractivity contribution >= 4 is 17.4 Å². The van der Waals surface area contributed by atoms with Gasteiger partial charge in [-0.05, 0) is 35.9 Å². The van der Waals surface area contributed by atoms with Gasteiger partial charge in [0.05, 0.1) is 24.1 Å². The predicted octanol–water partition coefficient (Wildman–Crippen LogP) is 2.01. The number of pyridine rings is 2. The fraction of sp³-hybridized carbons (Fsp3) is 0.238. The summed E-state index contributed by atoms with van der Waals surface area (Å²) in [4.78, 5) is 18.6. The van der Waals surface area contributed by atoms with Crippen LogP contribution in [-0.4, -0.2) is 45.1 Å². The molecule has 0 aliphatic carbocycles. The van der Waals surface area contributed by atoms with Gasteiger partial charge in [0, 0.05) is 30.4 Å². The van der Waals surface area contributed by atoms with Crippen LogP contribution in [0.2, 0.25) is 5.02 Å². The Bertz CT molecular complexity index is 1030. The Balaban J connectivity index is 1.45. The molecule has 3 heterocycles. The summed E-state index contributed by atoms with van der Waals surface area (Å²) >= 11 is 5.87. The lowest BCUT2D eigenvalue weighted by molar-refractivity contribution is 0.0572. The Hall–Kier alpha value is -2.87. The number of hydrogen-bond acceptors (Lipinski definition) is 6. The summed E-state index contributed by atoms with van der Waals surface area (Å²) in [5.41, 5.74) is 1.33. The van der Waals surface area contributed by atoms with Crippen molar-refractivity contribution in [3.8, 4) is 11.4 Å². The molecule has 0 radical (unpaired) electrons. The summed E-state index contributed by atoms with van der Waals surface area (Å²) in [6.07, 6.45) is 1.67. The number of halogens is 1. The van der Waals surface area contributed by atoms with Crippen LogP contribution in [0.15, 0.2) is 65.7 Å². The van der Waals surface area contributed by atoms with Crippen LogP contribution in [-0.2, 0) is 6.61 Å². The number of hydrogen-bond donors (Lipinski definition) is 2. The fourth-order valence-electron chi connectivity index (χ4n) is 3.18. The van der Waals surface area contributed by atoms with Gasteiger partial charge in [-0.15, -0.1) is 0 Å². The molecule has 1 aliphatic heterocycles. The molecule has 7 nitrogen and oxygen atoms in total. The van der Waals surface area contributed by atoms with E-state index < -0.39 is 12.2 Å². The van der Waals surface area contributed by atoms with E-state index in [1.807, 2.05) is 12.1 Å². The Kier molecular flexibility index (Phi) is 5.53. The Labute approximate surface area is 172 Å². The lowest BCUT2D eigenvalue weighted by atomic mass is 10.2. The summed E-state index contributed by atoms with van der Waals surface area (Å²) in [7, 11) is 0. The van der Waals surface area contributed by atoms with Gasteiger partial charge >= 0.3 is 0 Å². The monoisotopic (exact) mass is 413 g/mol. The minimum absolute atomic E-state index is 0.236. The van der Waals surface area contributed by atoms with Crippen LogP contribution in [0.25, 0.3) is 5.69 Å². The van der Waals surface area contributed by atoms with E-state index in [9.17, 15) is 15.0 Å². The molecule has 1 aliphatic rings. The molecule has 150 valence electrons.